The molecule has 0 aromatic carbocycles. The van der Waals surface area contributed by atoms with E-state index in [0.717, 1.165) is 0 Å². The van der Waals surface area contributed by atoms with Crippen LogP contribution in [-0.2, 0) is 19.0 Å². The van der Waals surface area contributed by atoms with E-state index in [0.29, 0.717) is 6.61 Å². The fraction of sp³-hybridized carbons (Fsp3) is 0.714. The summed E-state index contributed by atoms with van der Waals surface area (Å²) in [6.45, 7) is 0.644. The van der Waals surface area contributed by atoms with E-state index in [1.165, 1.54) is 12.3 Å². The van der Waals surface area contributed by atoms with Gasteiger partial charge in [-0.05, 0) is 0 Å². The van der Waals surface area contributed by atoms with E-state index in [-0.39, 0.29) is 19.3 Å². The highest BCUT2D eigenvalue weighted by Gasteiger charge is 2.26. The van der Waals surface area contributed by atoms with E-state index in [2.05, 4.69) is 9.73 Å². The lowest BCUT2D eigenvalue weighted by atomic mass is 10.4. The summed E-state index contributed by atoms with van der Waals surface area (Å²) >= 11 is 0. The Bertz CT molecular complexity index is 243. The second-order valence-electron chi connectivity index (χ2n) is 2.36. The van der Waals surface area contributed by atoms with Gasteiger partial charge in [-0.15, -0.1) is 0 Å². The highest BCUT2D eigenvalue weighted by Crippen LogP contribution is 2.11. The van der Waals surface area contributed by atoms with Crippen LogP contribution in [0.5, 0.6) is 0 Å². The number of nitriles is 1. The first kappa shape index (κ1) is 9.68. The van der Waals surface area contributed by atoms with E-state index < -0.39 is 6.29 Å². The second-order valence-corrected chi connectivity index (χ2v) is 2.36. The Hall–Kier alpha value is -1.41. The van der Waals surface area contributed by atoms with Crippen LogP contribution >= 0.6 is 0 Å². The fourth-order valence-corrected chi connectivity index (χ4v) is 0.933. The fourth-order valence-electron chi connectivity index (χ4n) is 0.933. The SMILES string of the molecule is N#COCC1COC(CN=C=O)O1. The molecule has 1 aliphatic rings. The number of aliphatic imine (C=N–C) groups is 1. The third-order valence-electron chi connectivity index (χ3n) is 1.45. The number of rotatable bonds is 4. The van der Waals surface area contributed by atoms with Crippen LogP contribution < -0.4 is 0 Å². The van der Waals surface area contributed by atoms with Gasteiger partial charge in [-0.3, -0.25) is 0 Å². The molecule has 2 unspecified atom stereocenters. The van der Waals surface area contributed by atoms with Crippen molar-refractivity contribution in [1.82, 2.24) is 0 Å². The minimum Gasteiger partial charge on any atom is -0.425 e. The standard InChI is InChI=1S/C7H8N2O4/c8-4-11-2-6-3-12-7(13-6)1-9-5-10/h6-7H,1-3H2. The van der Waals surface area contributed by atoms with Gasteiger partial charge in [-0.25, -0.2) is 9.79 Å². The van der Waals surface area contributed by atoms with E-state index >= 15 is 0 Å². The van der Waals surface area contributed by atoms with E-state index in [4.69, 9.17) is 14.7 Å². The summed E-state index contributed by atoms with van der Waals surface area (Å²) in [6.07, 6.45) is 2.14. The van der Waals surface area contributed by atoms with Crippen LogP contribution in [0.3, 0.4) is 0 Å². The second kappa shape index (κ2) is 5.27. The van der Waals surface area contributed by atoms with Crippen LogP contribution in [0.25, 0.3) is 0 Å². The molecule has 0 radical (unpaired) electrons. The molecule has 0 N–H and O–H groups in total. The zero-order valence-corrected chi connectivity index (χ0v) is 6.80. The van der Waals surface area contributed by atoms with Crippen molar-refractivity contribution in [3.8, 4) is 6.26 Å². The summed E-state index contributed by atoms with van der Waals surface area (Å²) in [5.41, 5.74) is 0. The number of isocyanates is 1. The van der Waals surface area contributed by atoms with Crippen molar-refractivity contribution in [2.45, 2.75) is 12.4 Å². The third-order valence-corrected chi connectivity index (χ3v) is 1.45. The van der Waals surface area contributed by atoms with Gasteiger partial charge >= 0.3 is 0 Å². The van der Waals surface area contributed by atoms with Crippen molar-refractivity contribution in [3.05, 3.63) is 0 Å². The molecule has 13 heavy (non-hydrogen) atoms. The largest absolute Gasteiger partial charge is 0.425 e. The first-order valence-corrected chi connectivity index (χ1v) is 3.68. The Balaban J connectivity index is 2.20. The zero-order valence-electron chi connectivity index (χ0n) is 6.80. The Morgan fingerprint density at radius 2 is 2.54 bits per heavy atom. The maximum atomic E-state index is 9.74. The molecule has 0 amide bonds. The van der Waals surface area contributed by atoms with Gasteiger partial charge in [0.2, 0.25) is 6.08 Å². The third kappa shape index (κ3) is 3.22. The molecule has 6 heteroatoms. The molecule has 1 aliphatic heterocycles. The van der Waals surface area contributed by atoms with Crippen LogP contribution in [-0.4, -0.2) is 38.2 Å². The van der Waals surface area contributed by atoms with Crippen LogP contribution in [0.1, 0.15) is 0 Å². The van der Waals surface area contributed by atoms with E-state index in [9.17, 15) is 4.79 Å². The molecule has 0 aromatic rings. The van der Waals surface area contributed by atoms with E-state index in [1.807, 2.05) is 0 Å². The van der Waals surface area contributed by atoms with Crippen LogP contribution in [0.15, 0.2) is 4.99 Å². The smallest absolute Gasteiger partial charge is 0.286 e. The summed E-state index contributed by atoms with van der Waals surface area (Å²) in [7, 11) is 0. The molecule has 1 saturated heterocycles. The first-order valence-electron chi connectivity index (χ1n) is 3.68. The van der Waals surface area contributed by atoms with Gasteiger partial charge in [0.1, 0.15) is 19.3 Å². The molecule has 6 nitrogen and oxygen atoms in total. The summed E-state index contributed by atoms with van der Waals surface area (Å²) in [5.74, 6) is 0. The molecule has 2 atom stereocenters. The molecule has 1 rings (SSSR count). The van der Waals surface area contributed by atoms with Crippen molar-refractivity contribution >= 4 is 6.08 Å². The topological polar surface area (TPSA) is 80.9 Å². The van der Waals surface area contributed by atoms with Gasteiger partial charge < -0.3 is 14.2 Å². The van der Waals surface area contributed by atoms with Gasteiger partial charge in [-0.1, -0.05) is 0 Å². The number of ether oxygens (including phenoxy) is 3. The molecular weight excluding hydrogens is 176 g/mol. The van der Waals surface area contributed by atoms with Crippen molar-refractivity contribution in [2.75, 3.05) is 19.8 Å². The molecule has 0 bridgehead atoms. The predicted octanol–water partition coefficient (Wildman–Crippen LogP) is -0.439. The molecular formula is C7H8N2O4. The van der Waals surface area contributed by atoms with Crippen molar-refractivity contribution in [2.24, 2.45) is 4.99 Å². The molecule has 0 aromatic heterocycles. The molecule has 70 valence electrons. The quantitative estimate of drug-likeness (QED) is 0.336. The molecule has 0 saturated carbocycles. The number of nitrogens with zero attached hydrogens (tertiary/aromatic N) is 2. The monoisotopic (exact) mass is 184 g/mol. The summed E-state index contributed by atoms with van der Waals surface area (Å²) < 4.78 is 14.7. The van der Waals surface area contributed by atoms with Crippen molar-refractivity contribution in [1.29, 1.82) is 5.26 Å². The molecule has 0 spiro atoms. The Morgan fingerprint density at radius 3 is 3.23 bits per heavy atom. The minimum absolute atomic E-state index is 0.132. The van der Waals surface area contributed by atoms with Crippen LogP contribution in [0.2, 0.25) is 0 Å². The predicted molar refractivity (Wildman–Crippen MR) is 39.2 cm³/mol. The van der Waals surface area contributed by atoms with Crippen LogP contribution in [0, 0.1) is 11.5 Å². The lowest BCUT2D eigenvalue weighted by molar-refractivity contribution is -0.0568. The molecule has 1 fully saturated rings. The minimum atomic E-state index is -0.520. The summed E-state index contributed by atoms with van der Waals surface area (Å²) in [6, 6.07) is 0. The Kier molecular flexibility index (Phi) is 3.93. The number of carbonyl (C=O) groups excluding carboxylic acids is 1. The lowest BCUT2D eigenvalue weighted by Crippen LogP contribution is -2.18. The first-order chi connectivity index (χ1) is 6.36. The van der Waals surface area contributed by atoms with Gasteiger partial charge in [0.05, 0.1) is 6.61 Å². The van der Waals surface area contributed by atoms with Gasteiger partial charge in [-0.2, -0.15) is 5.26 Å². The Labute approximate surface area is 74.7 Å². The van der Waals surface area contributed by atoms with Crippen molar-refractivity contribution < 1.29 is 19.0 Å². The van der Waals surface area contributed by atoms with Crippen molar-refractivity contribution in [3.63, 3.8) is 0 Å². The maximum Gasteiger partial charge on any atom is 0.286 e. The molecule has 1 heterocycles. The number of hydrogen-bond acceptors (Lipinski definition) is 6. The zero-order chi connectivity index (χ0) is 9.52. The Morgan fingerprint density at radius 1 is 1.69 bits per heavy atom. The highest BCUT2D eigenvalue weighted by molar-refractivity contribution is 5.32. The summed E-state index contributed by atoms with van der Waals surface area (Å²) in [4.78, 5) is 13.1. The lowest BCUT2D eigenvalue weighted by Gasteiger charge is -2.06. The maximum absolute atomic E-state index is 9.74. The average molecular weight is 184 g/mol. The summed E-state index contributed by atoms with van der Waals surface area (Å²) in [5, 5.41) is 8.10. The highest BCUT2D eigenvalue weighted by atomic mass is 16.7. The van der Waals surface area contributed by atoms with Gasteiger partial charge in [0.25, 0.3) is 6.26 Å². The molecule has 0 aliphatic carbocycles. The normalized spacial score (nSPS) is 26.1. The van der Waals surface area contributed by atoms with E-state index in [1.54, 1.807) is 0 Å². The van der Waals surface area contributed by atoms with Gasteiger partial charge in [0.15, 0.2) is 6.29 Å². The number of hydrogen-bond donors (Lipinski definition) is 0. The van der Waals surface area contributed by atoms with Crippen LogP contribution in [0.4, 0.5) is 0 Å². The average Bonchev–Trinajstić information content (AvgIpc) is 2.59. The van der Waals surface area contributed by atoms with Gasteiger partial charge in [0, 0.05) is 0 Å².